The Morgan fingerprint density at radius 1 is 1.40 bits per heavy atom. The van der Waals surface area contributed by atoms with Gasteiger partial charge in [0.15, 0.2) is 0 Å². The third-order valence-electron chi connectivity index (χ3n) is 3.58. The van der Waals surface area contributed by atoms with E-state index in [9.17, 15) is 9.59 Å². The third kappa shape index (κ3) is 3.12. The van der Waals surface area contributed by atoms with E-state index in [0.29, 0.717) is 12.2 Å². The third-order valence-corrected chi connectivity index (χ3v) is 4.27. The lowest BCUT2D eigenvalue weighted by Gasteiger charge is -2.17. The zero-order chi connectivity index (χ0) is 14.9. The molecule has 2 amide bonds. The average molecular weight is 341 g/mol. The van der Waals surface area contributed by atoms with Gasteiger partial charge in [0.25, 0.3) is 0 Å². The van der Waals surface area contributed by atoms with Gasteiger partial charge in [-0.15, -0.1) is 0 Å². The highest BCUT2D eigenvalue weighted by molar-refractivity contribution is 9.10. The van der Waals surface area contributed by atoms with Crippen LogP contribution in [0.2, 0.25) is 0 Å². The van der Waals surface area contributed by atoms with Crippen molar-refractivity contribution in [3.8, 4) is 0 Å². The Balaban J connectivity index is 2.06. The van der Waals surface area contributed by atoms with Crippen LogP contribution in [0.4, 0.5) is 10.5 Å². The van der Waals surface area contributed by atoms with Crippen LogP contribution in [-0.4, -0.2) is 35.1 Å². The Labute approximate surface area is 126 Å². The van der Waals surface area contributed by atoms with Crippen LogP contribution in [0.5, 0.6) is 0 Å². The molecule has 1 aliphatic rings. The summed E-state index contributed by atoms with van der Waals surface area (Å²) < 4.78 is 0.804. The summed E-state index contributed by atoms with van der Waals surface area (Å²) in [6.45, 7) is 4.52. The van der Waals surface area contributed by atoms with Crippen LogP contribution >= 0.6 is 15.9 Å². The lowest BCUT2D eigenvalue weighted by molar-refractivity contribution is -0.142. The minimum Gasteiger partial charge on any atom is -0.481 e. The van der Waals surface area contributed by atoms with Crippen molar-refractivity contribution in [2.24, 2.45) is 11.8 Å². The molecule has 0 aliphatic carbocycles. The number of anilines is 1. The molecule has 5 nitrogen and oxygen atoms in total. The molecule has 1 aromatic carbocycles. The number of nitrogens with zero attached hydrogens (tertiary/aromatic N) is 1. The molecule has 1 aromatic rings. The van der Waals surface area contributed by atoms with E-state index in [1.54, 1.807) is 4.90 Å². The molecule has 20 heavy (non-hydrogen) atoms. The zero-order valence-electron chi connectivity index (χ0n) is 11.4. The number of amides is 2. The molecule has 1 saturated heterocycles. The summed E-state index contributed by atoms with van der Waals surface area (Å²) in [7, 11) is 0. The molecule has 6 heteroatoms. The van der Waals surface area contributed by atoms with Gasteiger partial charge in [-0.05, 0) is 46.5 Å². The predicted octanol–water partition coefficient (Wildman–Crippen LogP) is 2.94. The van der Waals surface area contributed by atoms with Gasteiger partial charge in [-0.25, -0.2) is 4.79 Å². The number of aryl methyl sites for hydroxylation is 1. The number of hydrogen-bond acceptors (Lipinski definition) is 2. The predicted molar refractivity (Wildman–Crippen MR) is 79.8 cm³/mol. The number of hydrogen-bond donors (Lipinski definition) is 2. The number of nitrogens with one attached hydrogen (secondary N) is 1. The Morgan fingerprint density at radius 2 is 2.10 bits per heavy atom. The summed E-state index contributed by atoms with van der Waals surface area (Å²) >= 11 is 3.39. The van der Waals surface area contributed by atoms with Crippen molar-refractivity contribution in [3.05, 3.63) is 28.2 Å². The van der Waals surface area contributed by atoms with E-state index in [2.05, 4.69) is 21.2 Å². The van der Waals surface area contributed by atoms with Crippen LogP contribution in [0.1, 0.15) is 12.5 Å². The van der Waals surface area contributed by atoms with Crippen LogP contribution in [0.25, 0.3) is 0 Å². The highest BCUT2D eigenvalue weighted by atomic mass is 79.9. The molecule has 1 heterocycles. The molecule has 0 aromatic heterocycles. The summed E-state index contributed by atoms with van der Waals surface area (Å²) in [5.74, 6) is -1.36. The van der Waals surface area contributed by atoms with E-state index in [1.165, 1.54) is 0 Å². The fourth-order valence-corrected chi connectivity index (χ4v) is 2.73. The number of likely N-dealkylation sites (tertiary alicyclic amines) is 1. The van der Waals surface area contributed by atoms with Crippen LogP contribution in [0, 0.1) is 18.8 Å². The lowest BCUT2D eigenvalue weighted by Crippen LogP contribution is -2.34. The van der Waals surface area contributed by atoms with E-state index in [4.69, 9.17) is 5.11 Å². The maximum Gasteiger partial charge on any atom is 0.321 e. The molecule has 2 N–H and O–H groups in total. The molecule has 1 fully saturated rings. The summed E-state index contributed by atoms with van der Waals surface area (Å²) in [5, 5.41) is 11.9. The maximum atomic E-state index is 12.2. The van der Waals surface area contributed by atoms with E-state index in [-0.39, 0.29) is 18.5 Å². The molecule has 1 aliphatic heterocycles. The zero-order valence-corrected chi connectivity index (χ0v) is 13.0. The van der Waals surface area contributed by atoms with Gasteiger partial charge in [-0.1, -0.05) is 13.0 Å². The molecule has 0 radical (unpaired) electrons. The van der Waals surface area contributed by atoms with Gasteiger partial charge in [0, 0.05) is 17.6 Å². The van der Waals surface area contributed by atoms with Gasteiger partial charge in [-0.3, -0.25) is 4.79 Å². The smallest absolute Gasteiger partial charge is 0.321 e. The second-order valence-electron chi connectivity index (χ2n) is 5.24. The molecular formula is C14H17BrN2O3. The van der Waals surface area contributed by atoms with Gasteiger partial charge < -0.3 is 15.3 Å². The van der Waals surface area contributed by atoms with Gasteiger partial charge in [0.1, 0.15) is 0 Å². The molecule has 108 valence electrons. The molecule has 2 unspecified atom stereocenters. The van der Waals surface area contributed by atoms with Crippen LogP contribution in [-0.2, 0) is 4.79 Å². The van der Waals surface area contributed by atoms with E-state index in [0.717, 1.165) is 10.0 Å². The van der Waals surface area contributed by atoms with Crippen LogP contribution < -0.4 is 5.32 Å². The van der Waals surface area contributed by atoms with Crippen molar-refractivity contribution in [2.75, 3.05) is 18.4 Å². The number of carboxylic acids is 1. The quantitative estimate of drug-likeness (QED) is 0.869. The first-order valence-corrected chi connectivity index (χ1v) is 7.22. The number of carbonyl (C=O) groups excluding carboxylic acids is 1. The van der Waals surface area contributed by atoms with E-state index in [1.807, 2.05) is 32.0 Å². The van der Waals surface area contributed by atoms with Crippen molar-refractivity contribution < 1.29 is 14.7 Å². The largest absolute Gasteiger partial charge is 0.481 e. The monoisotopic (exact) mass is 340 g/mol. The topological polar surface area (TPSA) is 69.6 Å². The number of rotatable bonds is 2. The summed E-state index contributed by atoms with van der Waals surface area (Å²) in [5.41, 5.74) is 1.74. The molecule has 0 spiro atoms. The summed E-state index contributed by atoms with van der Waals surface area (Å²) in [6.07, 6.45) is 0. The highest BCUT2D eigenvalue weighted by Crippen LogP contribution is 2.26. The fraction of sp³-hybridized carbons (Fsp3) is 0.429. The Hall–Kier alpha value is -1.56. The first-order chi connectivity index (χ1) is 9.38. The molecule has 2 atom stereocenters. The number of aliphatic carboxylic acids is 1. The normalized spacial score (nSPS) is 21.9. The number of carboxylic acid groups (broad SMARTS) is 1. The second-order valence-corrected chi connectivity index (χ2v) is 6.09. The van der Waals surface area contributed by atoms with Crippen LogP contribution in [0.3, 0.4) is 0 Å². The van der Waals surface area contributed by atoms with Crippen molar-refractivity contribution >= 4 is 33.6 Å². The Kier molecular flexibility index (Phi) is 4.32. The maximum absolute atomic E-state index is 12.2. The molecule has 0 bridgehead atoms. The van der Waals surface area contributed by atoms with Gasteiger partial charge in [0.2, 0.25) is 0 Å². The average Bonchev–Trinajstić information content (AvgIpc) is 2.76. The number of halogens is 1. The molecule has 0 saturated carbocycles. The van der Waals surface area contributed by atoms with E-state index >= 15 is 0 Å². The lowest BCUT2D eigenvalue weighted by atomic mass is 9.99. The van der Waals surface area contributed by atoms with Gasteiger partial charge in [-0.2, -0.15) is 0 Å². The first-order valence-electron chi connectivity index (χ1n) is 6.43. The number of benzene rings is 1. The number of carbonyl (C=O) groups is 2. The number of urea groups is 1. The minimum atomic E-state index is -0.843. The Bertz CT molecular complexity index is 547. The standard InChI is InChI=1S/C14H17BrN2O3/c1-8-3-4-11(15)12(5-8)16-14(20)17-6-9(2)10(7-17)13(18)19/h3-5,9-10H,6-7H2,1-2H3,(H,16,20)(H,18,19). The van der Waals surface area contributed by atoms with Gasteiger partial charge in [0.05, 0.1) is 11.6 Å². The first kappa shape index (κ1) is 14.8. The van der Waals surface area contributed by atoms with Crippen molar-refractivity contribution in [1.29, 1.82) is 0 Å². The fourth-order valence-electron chi connectivity index (χ4n) is 2.38. The van der Waals surface area contributed by atoms with Gasteiger partial charge >= 0.3 is 12.0 Å². The molecular weight excluding hydrogens is 324 g/mol. The van der Waals surface area contributed by atoms with Crippen LogP contribution in [0.15, 0.2) is 22.7 Å². The molecule has 2 rings (SSSR count). The highest BCUT2D eigenvalue weighted by Gasteiger charge is 2.37. The van der Waals surface area contributed by atoms with E-state index < -0.39 is 11.9 Å². The summed E-state index contributed by atoms with van der Waals surface area (Å²) in [4.78, 5) is 24.8. The minimum absolute atomic E-state index is 0.0285. The van der Waals surface area contributed by atoms with Crippen molar-refractivity contribution in [1.82, 2.24) is 4.90 Å². The summed E-state index contributed by atoms with van der Waals surface area (Å²) in [6, 6.07) is 5.43. The van der Waals surface area contributed by atoms with Crippen molar-refractivity contribution in [2.45, 2.75) is 13.8 Å². The second kappa shape index (κ2) is 5.83. The Morgan fingerprint density at radius 3 is 2.70 bits per heavy atom. The SMILES string of the molecule is Cc1ccc(Br)c(NC(=O)N2CC(C)C(C(=O)O)C2)c1. The van der Waals surface area contributed by atoms with Crippen molar-refractivity contribution in [3.63, 3.8) is 0 Å².